The molecule has 0 atom stereocenters. The lowest BCUT2D eigenvalue weighted by Crippen LogP contribution is -2.14. The maximum Gasteiger partial charge on any atom is 0.256 e. The van der Waals surface area contributed by atoms with Gasteiger partial charge in [-0.2, -0.15) is 0 Å². The minimum absolute atomic E-state index is 0. The van der Waals surface area contributed by atoms with E-state index >= 15 is 0 Å². The largest absolute Gasteiger partial charge is 0.399 e. The summed E-state index contributed by atoms with van der Waals surface area (Å²) < 4.78 is 2.19. The van der Waals surface area contributed by atoms with E-state index < -0.39 is 0 Å². The van der Waals surface area contributed by atoms with Crippen molar-refractivity contribution in [3.05, 3.63) is 59.4 Å². The molecule has 8 heteroatoms. The maximum atomic E-state index is 12.5. The molecule has 0 aliphatic carbocycles. The lowest BCUT2D eigenvalue weighted by Gasteiger charge is -2.15. The predicted octanol–water partition coefficient (Wildman–Crippen LogP) is 4.27. The number of nitrogens with two attached hydrogens (primary N) is 1. The molecule has 2 heterocycles. The molecule has 1 aromatic heterocycles. The van der Waals surface area contributed by atoms with Gasteiger partial charge >= 0.3 is 0 Å². The average Bonchev–Trinajstić information content (AvgIpc) is 3.08. The van der Waals surface area contributed by atoms with Crippen molar-refractivity contribution in [3.8, 4) is 11.4 Å². The highest BCUT2D eigenvalue weighted by Gasteiger charge is 2.17. The molecule has 3 aromatic rings. The van der Waals surface area contributed by atoms with Crippen molar-refractivity contribution < 1.29 is 4.79 Å². The van der Waals surface area contributed by atoms with Crippen LogP contribution in [0.25, 0.3) is 11.4 Å². The van der Waals surface area contributed by atoms with E-state index in [-0.39, 0.29) is 30.7 Å². The lowest BCUT2D eigenvalue weighted by atomic mass is 10.1. The van der Waals surface area contributed by atoms with Gasteiger partial charge in [-0.05, 0) is 61.7 Å². The SMILES string of the molecule is Cc1ccc(N)cc1C(=O)Nc1ccc(-c2nnc3n2CCCC3)cc1.Cl.Cl. The topological polar surface area (TPSA) is 85.8 Å². The molecule has 4 rings (SSSR count). The molecule has 0 saturated heterocycles. The third kappa shape index (κ3) is 4.29. The van der Waals surface area contributed by atoms with Gasteiger partial charge in [0, 0.05) is 35.5 Å². The summed E-state index contributed by atoms with van der Waals surface area (Å²) in [5.41, 5.74) is 9.58. The number of nitrogen functional groups attached to an aromatic ring is 1. The number of hydrogen-bond acceptors (Lipinski definition) is 4. The van der Waals surface area contributed by atoms with Crippen LogP contribution in [0, 0.1) is 6.92 Å². The third-order valence-electron chi connectivity index (χ3n) is 4.77. The minimum Gasteiger partial charge on any atom is -0.399 e. The van der Waals surface area contributed by atoms with E-state index in [4.69, 9.17) is 5.73 Å². The van der Waals surface area contributed by atoms with Crippen LogP contribution < -0.4 is 11.1 Å². The summed E-state index contributed by atoms with van der Waals surface area (Å²) in [6, 6.07) is 13.0. The van der Waals surface area contributed by atoms with Gasteiger partial charge in [0.2, 0.25) is 0 Å². The first kappa shape index (κ1) is 21.7. The molecule has 1 amide bonds. The molecule has 2 aromatic carbocycles. The van der Waals surface area contributed by atoms with Crippen LogP contribution >= 0.6 is 24.8 Å². The Kier molecular flexibility index (Phi) is 7.05. The van der Waals surface area contributed by atoms with Crippen molar-refractivity contribution in [2.75, 3.05) is 11.1 Å². The predicted molar refractivity (Wildman–Crippen MR) is 116 cm³/mol. The van der Waals surface area contributed by atoms with E-state index in [1.54, 1.807) is 12.1 Å². The third-order valence-corrected chi connectivity index (χ3v) is 4.77. The average molecular weight is 420 g/mol. The highest BCUT2D eigenvalue weighted by atomic mass is 35.5. The van der Waals surface area contributed by atoms with Gasteiger partial charge in [0.25, 0.3) is 5.91 Å². The summed E-state index contributed by atoms with van der Waals surface area (Å²) in [4.78, 5) is 12.5. The zero-order chi connectivity index (χ0) is 18.1. The van der Waals surface area contributed by atoms with Gasteiger partial charge in [-0.3, -0.25) is 4.79 Å². The minimum atomic E-state index is -0.164. The summed E-state index contributed by atoms with van der Waals surface area (Å²) in [5.74, 6) is 1.78. The molecule has 28 heavy (non-hydrogen) atoms. The Morgan fingerprint density at radius 1 is 1.07 bits per heavy atom. The Labute approximate surface area is 176 Å². The molecular formula is C20H23Cl2N5O. The Morgan fingerprint density at radius 3 is 2.57 bits per heavy atom. The van der Waals surface area contributed by atoms with Crippen LogP contribution in [0.15, 0.2) is 42.5 Å². The molecule has 1 aliphatic rings. The van der Waals surface area contributed by atoms with Crippen LogP contribution in [0.5, 0.6) is 0 Å². The van der Waals surface area contributed by atoms with Gasteiger partial charge in [-0.15, -0.1) is 35.0 Å². The second-order valence-corrected chi connectivity index (χ2v) is 6.65. The monoisotopic (exact) mass is 419 g/mol. The molecule has 0 saturated carbocycles. The highest BCUT2D eigenvalue weighted by Crippen LogP contribution is 2.24. The Bertz CT molecular complexity index is 969. The number of aromatic nitrogens is 3. The normalized spacial score (nSPS) is 12.3. The van der Waals surface area contributed by atoms with Crippen LogP contribution in [0.1, 0.15) is 34.6 Å². The Hall–Kier alpha value is -2.57. The van der Waals surface area contributed by atoms with E-state index in [1.807, 2.05) is 37.3 Å². The van der Waals surface area contributed by atoms with Crippen molar-refractivity contribution >= 4 is 42.1 Å². The van der Waals surface area contributed by atoms with E-state index in [0.717, 1.165) is 47.8 Å². The second-order valence-electron chi connectivity index (χ2n) is 6.65. The fourth-order valence-electron chi connectivity index (χ4n) is 3.31. The number of anilines is 2. The fraction of sp³-hybridized carbons (Fsp3) is 0.250. The number of amides is 1. The first-order valence-electron chi connectivity index (χ1n) is 8.82. The number of fused-ring (bicyclic) bond motifs is 1. The van der Waals surface area contributed by atoms with Crippen LogP contribution in [-0.2, 0) is 13.0 Å². The van der Waals surface area contributed by atoms with Crippen molar-refractivity contribution in [1.29, 1.82) is 0 Å². The van der Waals surface area contributed by atoms with Gasteiger partial charge < -0.3 is 15.6 Å². The number of halogens is 2. The molecule has 0 radical (unpaired) electrons. The molecule has 6 nitrogen and oxygen atoms in total. The Morgan fingerprint density at radius 2 is 1.82 bits per heavy atom. The molecule has 0 bridgehead atoms. The summed E-state index contributed by atoms with van der Waals surface area (Å²) in [6.45, 7) is 2.86. The molecule has 148 valence electrons. The van der Waals surface area contributed by atoms with Crippen molar-refractivity contribution in [2.24, 2.45) is 0 Å². The van der Waals surface area contributed by atoms with Crippen molar-refractivity contribution in [2.45, 2.75) is 32.7 Å². The number of aryl methyl sites for hydroxylation is 2. The Balaban J connectivity index is 0.00000140. The molecule has 0 spiro atoms. The van der Waals surface area contributed by atoms with Crippen LogP contribution in [0.4, 0.5) is 11.4 Å². The number of nitrogens with one attached hydrogen (secondary N) is 1. The van der Waals surface area contributed by atoms with E-state index in [1.165, 1.54) is 6.42 Å². The van der Waals surface area contributed by atoms with Gasteiger partial charge in [0.1, 0.15) is 5.82 Å². The van der Waals surface area contributed by atoms with Crippen LogP contribution in [-0.4, -0.2) is 20.7 Å². The van der Waals surface area contributed by atoms with E-state index in [9.17, 15) is 4.79 Å². The molecule has 3 N–H and O–H groups in total. The van der Waals surface area contributed by atoms with E-state index in [2.05, 4.69) is 20.1 Å². The second kappa shape index (κ2) is 9.08. The summed E-state index contributed by atoms with van der Waals surface area (Å²) in [7, 11) is 0. The number of nitrogens with zero attached hydrogens (tertiary/aromatic N) is 3. The summed E-state index contributed by atoms with van der Waals surface area (Å²) in [5, 5.41) is 11.6. The number of rotatable bonds is 3. The zero-order valence-electron chi connectivity index (χ0n) is 15.5. The summed E-state index contributed by atoms with van der Waals surface area (Å²) in [6.07, 6.45) is 3.32. The fourth-order valence-corrected chi connectivity index (χ4v) is 3.31. The van der Waals surface area contributed by atoms with Gasteiger partial charge in [-0.1, -0.05) is 6.07 Å². The number of carbonyl (C=O) groups excluding carboxylic acids is 1. The first-order chi connectivity index (χ1) is 12.6. The highest BCUT2D eigenvalue weighted by molar-refractivity contribution is 6.05. The number of carbonyl (C=O) groups is 1. The number of benzene rings is 2. The first-order valence-corrected chi connectivity index (χ1v) is 8.82. The molecule has 1 aliphatic heterocycles. The quantitative estimate of drug-likeness (QED) is 0.620. The lowest BCUT2D eigenvalue weighted by molar-refractivity contribution is 0.102. The zero-order valence-corrected chi connectivity index (χ0v) is 17.1. The van der Waals surface area contributed by atoms with Gasteiger partial charge in [0.05, 0.1) is 0 Å². The molecule has 0 unspecified atom stereocenters. The van der Waals surface area contributed by atoms with Crippen molar-refractivity contribution in [1.82, 2.24) is 14.8 Å². The van der Waals surface area contributed by atoms with Gasteiger partial charge in [0.15, 0.2) is 5.82 Å². The smallest absolute Gasteiger partial charge is 0.256 e. The number of hydrogen-bond donors (Lipinski definition) is 2. The molecular weight excluding hydrogens is 397 g/mol. The summed E-state index contributed by atoms with van der Waals surface area (Å²) >= 11 is 0. The van der Waals surface area contributed by atoms with Gasteiger partial charge in [-0.25, -0.2) is 0 Å². The van der Waals surface area contributed by atoms with Crippen LogP contribution in [0.3, 0.4) is 0 Å². The van der Waals surface area contributed by atoms with Crippen molar-refractivity contribution in [3.63, 3.8) is 0 Å². The van der Waals surface area contributed by atoms with Crippen LogP contribution in [0.2, 0.25) is 0 Å². The standard InChI is InChI=1S/C20H21N5O.2ClH/c1-13-5-8-15(21)12-17(13)20(26)22-16-9-6-14(7-10-16)19-24-23-18-4-2-3-11-25(18)19;;/h5-10,12H,2-4,11,21H2,1H3,(H,22,26);2*1H. The van der Waals surface area contributed by atoms with E-state index in [0.29, 0.717) is 11.3 Å². The maximum absolute atomic E-state index is 12.5. The molecule has 0 fully saturated rings.